The summed E-state index contributed by atoms with van der Waals surface area (Å²) in [4.78, 5) is 0. The number of ether oxygens (including phenoxy) is 1. The Morgan fingerprint density at radius 3 is 2.27 bits per heavy atom. The van der Waals surface area contributed by atoms with E-state index in [9.17, 15) is 0 Å². The highest BCUT2D eigenvalue weighted by Gasteiger charge is 2.25. The predicted octanol–water partition coefficient (Wildman–Crippen LogP) is 2.29. The van der Waals surface area contributed by atoms with Crippen LogP contribution in [0.5, 0.6) is 0 Å². The molecule has 0 aliphatic heterocycles. The van der Waals surface area contributed by atoms with Gasteiger partial charge in [0, 0.05) is 13.2 Å². The molecule has 0 radical (unpaired) electrons. The van der Waals surface area contributed by atoms with Crippen molar-refractivity contribution >= 4 is 0 Å². The van der Waals surface area contributed by atoms with Crippen molar-refractivity contribution in [3.05, 3.63) is 35.4 Å². The third-order valence-electron chi connectivity index (χ3n) is 3.00. The van der Waals surface area contributed by atoms with Crippen molar-refractivity contribution in [2.75, 3.05) is 7.11 Å². The van der Waals surface area contributed by atoms with E-state index in [2.05, 4.69) is 31.2 Å². The van der Waals surface area contributed by atoms with Crippen LogP contribution in [0.15, 0.2) is 24.3 Å². The van der Waals surface area contributed by atoms with Crippen molar-refractivity contribution < 1.29 is 4.74 Å². The third-order valence-corrected chi connectivity index (χ3v) is 3.00. The largest absolute Gasteiger partial charge is 0.377 e. The van der Waals surface area contributed by atoms with Crippen molar-refractivity contribution in [1.29, 1.82) is 0 Å². The van der Waals surface area contributed by atoms with Crippen LogP contribution < -0.4 is 5.73 Å². The highest BCUT2D eigenvalue weighted by Crippen LogP contribution is 2.16. The first-order chi connectivity index (χ1) is 6.95. The predicted molar refractivity (Wildman–Crippen MR) is 63.9 cm³/mol. The zero-order valence-electron chi connectivity index (χ0n) is 10.1. The Balaban J connectivity index is 2.66. The molecular weight excluding hydrogens is 186 g/mol. The maximum Gasteiger partial charge on any atom is 0.0776 e. The zero-order chi connectivity index (χ0) is 11.5. The first kappa shape index (κ1) is 12.2. The lowest BCUT2D eigenvalue weighted by molar-refractivity contribution is 0.000806. The standard InChI is InChI=1S/C13H21NO/c1-10-5-7-11(8-6-10)9-12(14)13(2,3)15-4/h5-8,12H,9,14H2,1-4H3. The summed E-state index contributed by atoms with van der Waals surface area (Å²) in [6, 6.07) is 8.50. The average Bonchev–Trinajstić information content (AvgIpc) is 2.21. The summed E-state index contributed by atoms with van der Waals surface area (Å²) in [5.74, 6) is 0. The first-order valence-corrected chi connectivity index (χ1v) is 5.32. The second kappa shape index (κ2) is 4.77. The highest BCUT2D eigenvalue weighted by molar-refractivity contribution is 5.22. The van der Waals surface area contributed by atoms with Crippen LogP contribution in [0.4, 0.5) is 0 Å². The van der Waals surface area contributed by atoms with Gasteiger partial charge in [0.05, 0.1) is 5.60 Å². The van der Waals surface area contributed by atoms with Crippen LogP contribution in [0.1, 0.15) is 25.0 Å². The summed E-state index contributed by atoms with van der Waals surface area (Å²) in [7, 11) is 1.70. The van der Waals surface area contributed by atoms with Crippen molar-refractivity contribution in [1.82, 2.24) is 0 Å². The van der Waals surface area contributed by atoms with Gasteiger partial charge in [-0.1, -0.05) is 29.8 Å². The second-order valence-electron chi connectivity index (χ2n) is 4.60. The molecule has 0 aliphatic rings. The molecule has 2 heteroatoms. The van der Waals surface area contributed by atoms with E-state index in [1.807, 2.05) is 13.8 Å². The van der Waals surface area contributed by atoms with Gasteiger partial charge in [0.15, 0.2) is 0 Å². The minimum atomic E-state index is -0.273. The first-order valence-electron chi connectivity index (χ1n) is 5.32. The number of aryl methyl sites for hydroxylation is 1. The van der Waals surface area contributed by atoms with Gasteiger partial charge in [-0.15, -0.1) is 0 Å². The summed E-state index contributed by atoms with van der Waals surface area (Å²) in [6.45, 7) is 6.13. The van der Waals surface area contributed by atoms with E-state index in [0.717, 1.165) is 6.42 Å². The lowest BCUT2D eigenvalue weighted by Gasteiger charge is -2.30. The fourth-order valence-electron chi connectivity index (χ4n) is 1.38. The molecule has 0 aliphatic carbocycles. The van der Waals surface area contributed by atoms with Crippen LogP contribution in [0.2, 0.25) is 0 Å². The van der Waals surface area contributed by atoms with Crippen molar-refractivity contribution in [2.45, 2.75) is 38.8 Å². The zero-order valence-corrected chi connectivity index (χ0v) is 10.1. The molecule has 0 spiro atoms. The SMILES string of the molecule is COC(C)(C)C(N)Cc1ccc(C)cc1. The van der Waals surface area contributed by atoms with Crippen LogP contribution in [-0.4, -0.2) is 18.8 Å². The normalized spacial score (nSPS) is 13.9. The highest BCUT2D eigenvalue weighted by atomic mass is 16.5. The molecule has 1 atom stereocenters. The Morgan fingerprint density at radius 2 is 1.80 bits per heavy atom. The van der Waals surface area contributed by atoms with Gasteiger partial charge in [-0.05, 0) is 32.8 Å². The molecule has 0 aromatic heterocycles. The van der Waals surface area contributed by atoms with E-state index >= 15 is 0 Å². The number of benzene rings is 1. The lowest BCUT2D eigenvalue weighted by Crippen LogP contribution is -2.46. The van der Waals surface area contributed by atoms with Gasteiger partial charge in [-0.25, -0.2) is 0 Å². The van der Waals surface area contributed by atoms with E-state index in [1.54, 1.807) is 7.11 Å². The molecule has 15 heavy (non-hydrogen) atoms. The van der Waals surface area contributed by atoms with Crippen LogP contribution in [0.25, 0.3) is 0 Å². The lowest BCUT2D eigenvalue weighted by atomic mass is 9.93. The van der Waals surface area contributed by atoms with Crippen LogP contribution in [0.3, 0.4) is 0 Å². The smallest absolute Gasteiger partial charge is 0.0776 e. The minimum absolute atomic E-state index is 0.0187. The van der Waals surface area contributed by atoms with Gasteiger partial charge in [0.25, 0.3) is 0 Å². The Morgan fingerprint density at radius 1 is 1.27 bits per heavy atom. The number of hydrogen-bond donors (Lipinski definition) is 1. The monoisotopic (exact) mass is 207 g/mol. The molecule has 1 rings (SSSR count). The Labute approximate surface area is 92.4 Å². The van der Waals surface area contributed by atoms with E-state index < -0.39 is 0 Å². The van der Waals surface area contributed by atoms with Gasteiger partial charge in [-0.2, -0.15) is 0 Å². The molecular formula is C13H21NO. The fourth-order valence-corrected chi connectivity index (χ4v) is 1.38. The van der Waals surface area contributed by atoms with E-state index in [-0.39, 0.29) is 11.6 Å². The number of rotatable bonds is 4. The molecule has 2 nitrogen and oxygen atoms in total. The van der Waals surface area contributed by atoms with Crippen LogP contribution in [-0.2, 0) is 11.2 Å². The molecule has 0 saturated heterocycles. The van der Waals surface area contributed by atoms with Crippen LogP contribution >= 0.6 is 0 Å². The Hall–Kier alpha value is -0.860. The fraction of sp³-hybridized carbons (Fsp3) is 0.538. The quantitative estimate of drug-likeness (QED) is 0.822. The average molecular weight is 207 g/mol. The third kappa shape index (κ3) is 3.33. The van der Waals surface area contributed by atoms with E-state index in [0.29, 0.717) is 0 Å². The molecule has 0 saturated carbocycles. The summed E-state index contributed by atoms with van der Waals surface area (Å²) in [6.07, 6.45) is 0.848. The maximum absolute atomic E-state index is 6.11. The Bertz CT molecular complexity index is 303. The summed E-state index contributed by atoms with van der Waals surface area (Å²) in [5, 5.41) is 0. The van der Waals surface area contributed by atoms with Gasteiger partial charge < -0.3 is 10.5 Å². The minimum Gasteiger partial charge on any atom is -0.377 e. The molecule has 1 unspecified atom stereocenters. The molecule has 0 bridgehead atoms. The summed E-state index contributed by atoms with van der Waals surface area (Å²) in [5.41, 5.74) is 8.37. The topological polar surface area (TPSA) is 35.2 Å². The molecule has 0 heterocycles. The van der Waals surface area contributed by atoms with Gasteiger partial charge >= 0.3 is 0 Å². The van der Waals surface area contributed by atoms with Crippen molar-refractivity contribution in [3.8, 4) is 0 Å². The Kier molecular flexibility index (Phi) is 3.89. The number of hydrogen-bond acceptors (Lipinski definition) is 2. The van der Waals surface area contributed by atoms with Crippen molar-refractivity contribution in [3.63, 3.8) is 0 Å². The van der Waals surface area contributed by atoms with Crippen LogP contribution in [0, 0.1) is 6.92 Å². The molecule has 0 amide bonds. The molecule has 1 aromatic carbocycles. The maximum atomic E-state index is 6.11. The van der Waals surface area contributed by atoms with Gasteiger partial charge in [0.2, 0.25) is 0 Å². The van der Waals surface area contributed by atoms with E-state index in [4.69, 9.17) is 10.5 Å². The molecule has 0 fully saturated rings. The van der Waals surface area contributed by atoms with Gasteiger partial charge in [-0.3, -0.25) is 0 Å². The van der Waals surface area contributed by atoms with E-state index in [1.165, 1.54) is 11.1 Å². The molecule has 84 valence electrons. The second-order valence-corrected chi connectivity index (χ2v) is 4.60. The molecule has 2 N–H and O–H groups in total. The number of methoxy groups -OCH3 is 1. The summed E-state index contributed by atoms with van der Waals surface area (Å²) < 4.78 is 5.37. The molecule has 1 aromatic rings. The van der Waals surface area contributed by atoms with Crippen molar-refractivity contribution in [2.24, 2.45) is 5.73 Å². The summed E-state index contributed by atoms with van der Waals surface area (Å²) >= 11 is 0. The van der Waals surface area contributed by atoms with Gasteiger partial charge in [0.1, 0.15) is 0 Å². The number of nitrogens with two attached hydrogens (primary N) is 1.